The molecule has 0 bridgehead atoms. The number of nitrogens with one attached hydrogen (secondary N) is 1. The second-order valence-corrected chi connectivity index (χ2v) is 17.0. The van der Waals surface area contributed by atoms with E-state index < -0.39 is 0 Å². The molecule has 312 valence electrons. The Bertz CT molecular complexity index is 713. The molecule has 0 saturated heterocycles. The normalized spacial score (nSPS) is 12.5. The smallest absolute Gasteiger partial charge is 0.407 e. The van der Waals surface area contributed by atoms with Gasteiger partial charge < -0.3 is 14.8 Å². The minimum atomic E-state index is -0.271. The number of hydrogen-bond acceptors (Lipinski definition) is 5. The maximum absolute atomic E-state index is 12.7. The molecule has 52 heavy (non-hydrogen) atoms. The lowest BCUT2D eigenvalue weighted by atomic mass is 10.0. The second kappa shape index (κ2) is 39.8. The number of nitrogens with zero attached hydrogens (tertiary/aromatic N) is 1. The first-order valence-corrected chi connectivity index (χ1v) is 23.2. The van der Waals surface area contributed by atoms with Crippen LogP contribution in [0, 0.1) is 0 Å². The number of rotatable bonds is 41. The number of carbonyl (C=O) groups excluding carboxylic acids is 1. The number of carbonyl (C=O) groups is 1. The molecule has 0 aromatic rings. The summed E-state index contributed by atoms with van der Waals surface area (Å²) in [4.78, 5) is 18.4. The summed E-state index contributed by atoms with van der Waals surface area (Å²) in [5.41, 5.74) is -0.196. The summed E-state index contributed by atoms with van der Waals surface area (Å²) in [6.07, 6.45) is 45.1. The third-order valence-corrected chi connectivity index (χ3v) is 10.4. The summed E-state index contributed by atoms with van der Waals surface area (Å²) in [6.45, 7) is 12.2. The predicted molar refractivity (Wildman–Crippen MR) is 226 cm³/mol. The van der Waals surface area contributed by atoms with E-state index in [1.54, 1.807) is 5.06 Å². The van der Waals surface area contributed by atoms with Crippen molar-refractivity contribution >= 4 is 6.09 Å². The van der Waals surface area contributed by atoms with E-state index in [1.165, 1.54) is 186 Å². The van der Waals surface area contributed by atoms with Crippen LogP contribution in [0.4, 0.5) is 4.79 Å². The highest BCUT2D eigenvalue weighted by Gasteiger charge is 2.15. The zero-order chi connectivity index (χ0) is 38.2. The molecule has 0 aromatic carbocycles. The van der Waals surface area contributed by atoms with Gasteiger partial charge in [0.25, 0.3) is 0 Å². The summed E-state index contributed by atoms with van der Waals surface area (Å²) in [5, 5.41) is 4.67. The second-order valence-electron chi connectivity index (χ2n) is 17.0. The van der Waals surface area contributed by atoms with Gasteiger partial charge in [-0.3, -0.25) is 4.84 Å². The van der Waals surface area contributed by atoms with Gasteiger partial charge in [0.1, 0.15) is 12.8 Å². The lowest BCUT2D eigenvalue weighted by molar-refractivity contribution is -0.213. The van der Waals surface area contributed by atoms with Crippen molar-refractivity contribution in [3.8, 4) is 0 Å². The van der Waals surface area contributed by atoms with Gasteiger partial charge in [0.2, 0.25) is 0 Å². The molecule has 0 radical (unpaired) electrons. The van der Waals surface area contributed by atoms with Crippen LogP contribution in [0.3, 0.4) is 0 Å². The predicted octanol–water partition coefficient (Wildman–Crippen LogP) is 15.0. The third-order valence-electron chi connectivity index (χ3n) is 10.4. The van der Waals surface area contributed by atoms with Crippen molar-refractivity contribution in [1.29, 1.82) is 0 Å². The molecular weight excluding hydrogens is 645 g/mol. The summed E-state index contributed by atoms with van der Waals surface area (Å²) in [6, 6.07) is 0. The van der Waals surface area contributed by atoms with Gasteiger partial charge in [0.15, 0.2) is 0 Å². The Balaban J connectivity index is 4.14. The van der Waals surface area contributed by atoms with Crippen molar-refractivity contribution in [2.75, 3.05) is 26.9 Å². The first-order valence-electron chi connectivity index (χ1n) is 23.2. The zero-order valence-corrected chi connectivity index (χ0v) is 36.3. The lowest BCUT2D eigenvalue weighted by Crippen LogP contribution is -2.32. The average molecular weight is 739 g/mol. The topological polar surface area (TPSA) is 60.0 Å². The quantitative estimate of drug-likeness (QED) is 0.0384. The summed E-state index contributed by atoms with van der Waals surface area (Å²) in [7, 11) is 1.87. The van der Waals surface area contributed by atoms with E-state index in [9.17, 15) is 4.79 Å². The molecule has 1 N–H and O–H groups in total. The van der Waals surface area contributed by atoms with Gasteiger partial charge in [-0.05, 0) is 52.9 Å². The Morgan fingerprint density at radius 1 is 0.519 bits per heavy atom. The highest BCUT2D eigenvalue weighted by atomic mass is 16.7. The molecule has 0 aliphatic rings. The molecule has 0 fully saturated rings. The fourth-order valence-corrected chi connectivity index (χ4v) is 6.92. The molecule has 0 saturated carbocycles. The van der Waals surface area contributed by atoms with Crippen molar-refractivity contribution in [3.63, 3.8) is 0 Å². The number of hydroxylamine groups is 2. The summed E-state index contributed by atoms with van der Waals surface area (Å²) < 4.78 is 11.7. The van der Waals surface area contributed by atoms with Gasteiger partial charge in [0, 0.05) is 13.6 Å². The van der Waals surface area contributed by atoms with Crippen molar-refractivity contribution in [3.05, 3.63) is 0 Å². The third kappa shape index (κ3) is 41.9. The SMILES string of the molecule is CCCCCCCCCCCCCCCCCCC(CCCCCCCCCCCCCCCCC)OC(=O)NCCCON(C)COC(C)(C)C. The molecule has 0 rings (SSSR count). The standard InChI is InChI=1S/C46H94N2O4/c1-7-9-11-13-15-17-19-21-23-25-27-29-31-33-35-37-40-44(52-45(49)47-41-38-42-51-48(6)43-50-46(3,4)5)39-36-34-32-30-28-26-24-22-20-18-16-14-12-10-8-2/h44H,7-43H2,1-6H3,(H,47,49). The first-order chi connectivity index (χ1) is 25.3. The lowest BCUT2D eigenvalue weighted by Gasteiger charge is -2.24. The number of ether oxygens (including phenoxy) is 2. The average Bonchev–Trinajstić information content (AvgIpc) is 3.11. The van der Waals surface area contributed by atoms with Crippen molar-refractivity contribution in [1.82, 2.24) is 10.4 Å². The Kier molecular flexibility index (Phi) is 39.2. The van der Waals surface area contributed by atoms with Crippen LogP contribution in [0.2, 0.25) is 0 Å². The molecule has 0 spiro atoms. The maximum atomic E-state index is 12.7. The number of amides is 1. The van der Waals surface area contributed by atoms with Crippen molar-refractivity contribution in [2.45, 2.75) is 265 Å². The minimum Gasteiger partial charge on any atom is -0.446 e. The fraction of sp³-hybridized carbons (Fsp3) is 0.978. The van der Waals surface area contributed by atoms with Gasteiger partial charge in [0.05, 0.1) is 12.2 Å². The Hall–Kier alpha value is -0.850. The van der Waals surface area contributed by atoms with Crippen LogP contribution in [0.15, 0.2) is 0 Å². The summed E-state index contributed by atoms with van der Waals surface area (Å²) in [5.74, 6) is 0. The number of unbranched alkanes of at least 4 members (excludes halogenated alkanes) is 29. The van der Waals surface area contributed by atoms with Gasteiger partial charge in [-0.25, -0.2) is 4.79 Å². The Morgan fingerprint density at radius 3 is 1.17 bits per heavy atom. The molecule has 1 amide bonds. The minimum absolute atomic E-state index is 0.0329. The Morgan fingerprint density at radius 2 is 0.846 bits per heavy atom. The van der Waals surface area contributed by atoms with Gasteiger partial charge in [-0.2, -0.15) is 5.06 Å². The zero-order valence-electron chi connectivity index (χ0n) is 36.3. The van der Waals surface area contributed by atoms with E-state index in [2.05, 4.69) is 19.2 Å². The first kappa shape index (κ1) is 51.1. The van der Waals surface area contributed by atoms with E-state index in [0.717, 1.165) is 32.1 Å². The van der Waals surface area contributed by atoms with E-state index in [0.29, 0.717) is 19.9 Å². The van der Waals surface area contributed by atoms with E-state index in [4.69, 9.17) is 14.3 Å². The highest BCUT2D eigenvalue weighted by molar-refractivity contribution is 5.67. The molecule has 6 heteroatoms. The van der Waals surface area contributed by atoms with Gasteiger partial charge in [-0.15, -0.1) is 0 Å². The molecule has 1 atom stereocenters. The Labute approximate surface area is 326 Å². The van der Waals surface area contributed by atoms with E-state index >= 15 is 0 Å². The van der Waals surface area contributed by atoms with E-state index in [1.807, 2.05) is 27.8 Å². The number of alkyl carbamates (subject to hydrolysis) is 1. The van der Waals surface area contributed by atoms with Crippen molar-refractivity contribution < 1.29 is 19.1 Å². The molecule has 6 nitrogen and oxygen atoms in total. The highest BCUT2D eigenvalue weighted by Crippen LogP contribution is 2.19. The summed E-state index contributed by atoms with van der Waals surface area (Å²) >= 11 is 0. The molecule has 0 aliphatic heterocycles. The molecule has 0 heterocycles. The fourth-order valence-electron chi connectivity index (χ4n) is 6.92. The van der Waals surface area contributed by atoms with Crippen LogP contribution >= 0.6 is 0 Å². The largest absolute Gasteiger partial charge is 0.446 e. The molecule has 1 unspecified atom stereocenters. The van der Waals surface area contributed by atoms with Crippen LogP contribution < -0.4 is 5.32 Å². The van der Waals surface area contributed by atoms with Crippen molar-refractivity contribution in [2.24, 2.45) is 0 Å². The number of hydrogen-bond donors (Lipinski definition) is 1. The maximum Gasteiger partial charge on any atom is 0.407 e. The van der Waals surface area contributed by atoms with Gasteiger partial charge in [-0.1, -0.05) is 200 Å². The van der Waals surface area contributed by atoms with E-state index in [-0.39, 0.29) is 17.8 Å². The van der Waals surface area contributed by atoms with Crippen LogP contribution in [0.25, 0.3) is 0 Å². The molecule has 0 aliphatic carbocycles. The van der Waals surface area contributed by atoms with Crippen LogP contribution in [-0.2, 0) is 14.3 Å². The van der Waals surface area contributed by atoms with Crippen LogP contribution in [0.1, 0.15) is 253 Å². The van der Waals surface area contributed by atoms with Gasteiger partial charge >= 0.3 is 6.09 Å². The molecular formula is C46H94N2O4. The monoisotopic (exact) mass is 739 g/mol. The molecule has 0 aromatic heterocycles. The van der Waals surface area contributed by atoms with Crippen LogP contribution in [-0.4, -0.2) is 49.8 Å². The van der Waals surface area contributed by atoms with Crippen LogP contribution in [0.5, 0.6) is 0 Å².